The van der Waals surface area contributed by atoms with Crippen LogP contribution in [0.3, 0.4) is 0 Å². The van der Waals surface area contributed by atoms with E-state index in [1.54, 1.807) is 6.92 Å². The van der Waals surface area contributed by atoms with Crippen molar-refractivity contribution >= 4 is 21.6 Å². The van der Waals surface area contributed by atoms with Gasteiger partial charge < -0.3 is 0 Å². The van der Waals surface area contributed by atoms with E-state index in [0.29, 0.717) is 36.2 Å². The summed E-state index contributed by atoms with van der Waals surface area (Å²) >= 11 is 5.83. The molecule has 0 aromatic carbocycles. The lowest BCUT2D eigenvalue weighted by atomic mass is 9.90. The summed E-state index contributed by atoms with van der Waals surface area (Å²) in [5.74, 6) is 1.07. The SMILES string of the molecule is Cc1[nH]nc(S(=O)(=O)N2CCC(C)C(C)C2)c1CCl. The third-order valence-corrected chi connectivity index (χ3v) is 6.16. The third-order valence-electron chi connectivity index (χ3n) is 4.05. The number of hydrogen-bond acceptors (Lipinski definition) is 3. The summed E-state index contributed by atoms with van der Waals surface area (Å²) in [6.45, 7) is 7.14. The molecule has 0 aliphatic carbocycles. The lowest BCUT2D eigenvalue weighted by molar-refractivity contribution is 0.212. The molecule has 1 saturated heterocycles. The van der Waals surface area contributed by atoms with Gasteiger partial charge in [0.15, 0.2) is 5.03 Å². The second-order valence-corrected chi connectivity index (χ2v) is 7.49. The van der Waals surface area contributed by atoms with Gasteiger partial charge >= 0.3 is 0 Å². The van der Waals surface area contributed by atoms with Crippen molar-refractivity contribution in [3.05, 3.63) is 11.3 Å². The molecule has 0 saturated carbocycles. The van der Waals surface area contributed by atoms with Crippen LogP contribution in [0, 0.1) is 18.8 Å². The molecular weight excluding hydrogens is 286 g/mol. The Morgan fingerprint density at radius 3 is 2.68 bits per heavy atom. The summed E-state index contributed by atoms with van der Waals surface area (Å²) in [7, 11) is -3.53. The van der Waals surface area contributed by atoms with Crippen molar-refractivity contribution in [3.8, 4) is 0 Å². The van der Waals surface area contributed by atoms with Gasteiger partial charge in [-0.3, -0.25) is 5.10 Å². The lowest BCUT2D eigenvalue weighted by Gasteiger charge is -2.34. The maximum Gasteiger partial charge on any atom is 0.262 e. The van der Waals surface area contributed by atoms with Crippen molar-refractivity contribution in [1.82, 2.24) is 14.5 Å². The largest absolute Gasteiger partial charge is 0.281 e. The van der Waals surface area contributed by atoms with Gasteiger partial charge in [-0.15, -0.1) is 11.6 Å². The van der Waals surface area contributed by atoms with E-state index in [4.69, 9.17) is 11.6 Å². The first-order valence-corrected chi connectivity index (χ1v) is 8.45. The second kappa shape index (κ2) is 5.42. The minimum Gasteiger partial charge on any atom is -0.281 e. The molecule has 1 aliphatic rings. The van der Waals surface area contributed by atoms with Crippen molar-refractivity contribution in [2.45, 2.75) is 38.1 Å². The van der Waals surface area contributed by atoms with Gasteiger partial charge in [0, 0.05) is 24.3 Å². The van der Waals surface area contributed by atoms with E-state index < -0.39 is 10.0 Å². The van der Waals surface area contributed by atoms with Crippen LogP contribution in [-0.2, 0) is 15.9 Å². The van der Waals surface area contributed by atoms with Crippen LogP contribution in [0.25, 0.3) is 0 Å². The molecule has 1 fully saturated rings. The Balaban J connectivity index is 2.32. The minimum absolute atomic E-state index is 0.0850. The number of hydrogen-bond donors (Lipinski definition) is 1. The molecule has 2 heterocycles. The van der Waals surface area contributed by atoms with Gasteiger partial charge in [-0.1, -0.05) is 13.8 Å². The summed E-state index contributed by atoms with van der Waals surface area (Å²) in [5, 5.41) is 6.74. The molecule has 19 heavy (non-hydrogen) atoms. The smallest absolute Gasteiger partial charge is 0.262 e. The van der Waals surface area contributed by atoms with Gasteiger partial charge in [0.2, 0.25) is 0 Å². The first-order valence-electron chi connectivity index (χ1n) is 6.48. The Labute approximate surface area is 119 Å². The van der Waals surface area contributed by atoms with E-state index in [1.807, 2.05) is 0 Å². The van der Waals surface area contributed by atoms with Crippen molar-refractivity contribution in [3.63, 3.8) is 0 Å². The second-order valence-electron chi connectivity index (χ2n) is 5.37. The standard InChI is InChI=1S/C12H20ClN3O2S/c1-8-4-5-16(7-9(8)2)19(17,18)12-11(6-13)10(3)14-15-12/h8-9H,4-7H2,1-3H3,(H,14,15). The number of aromatic nitrogens is 2. The highest BCUT2D eigenvalue weighted by Gasteiger charge is 2.34. The van der Waals surface area contributed by atoms with Crippen LogP contribution in [-0.4, -0.2) is 36.0 Å². The zero-order chi connectivity index (χ0) is 14.2. The normalized spacial score (nSPS) is 25.7. The van der Waals surface area contributed by atoms with Gasteiger partial charge in [0.1, 0.15) is 0 Å². The maximum absolute atomic E-state index is 12.6. The Morgan fingerprint density at radius 2 is 2.11 bits per heavy atom. The number of piperidine rings is 1. The molecule has 0 bridgehead atoms. The highest BCUT2D eigenvalue weighted by molar-refractivity contribution is 7.89. The maximum atomic E-state index is 12.6. The van der Waals surface area contributed by atoms with E-state index in [9.17, 15) is 8.42 Å². The van der Waals surface area contributed by atoms with Crippen LogP contribution >= 0.6 is 11.6 Å². The Morgan fingerprint density at radius 1 is 1.42 bits per heavy atom. The zero-order valence-electron chi connectivity index (χ0n) is 11.5. The van der Waals surface area contributed by atoms with Crippen LogP contribution in [0.1, 0.15) is 31.5 Å². The average Bonchev–Trinajstić information content (AvgIpc) is 2.74. The number of sulfonamides is 1. The topological polar surface area (TPSA) is 66.1 Å². The number of H-pyrrole nitrogens is 1. The first kappa shape index (κ1) is 14.8. The van der Waals surface area contributed by atoms with Crippen molar-refractivity contribution in [2.24, 2.45) is 11.8 Å². The predicted molar refractivity (Wildman–Crippen MR) is 74.6 cm³/mol. The van der Waals surface area contributed by atoms with Crippen molar-refractivity contribution < 1.29 is 8.42 Å². The highest BCUT2D eigenvalue weighted by atomic mass is 35.5. The third kappa shape index (κ3) is 2.66. The average molecular weight is 306 g/mol. The van der Waals surface area contributed by atoms with Crippen LogP contribution in [0.5, 0.6) is 0 Å². The van der Waals surface area contributed by atoms with Gasteiger partial charge in [-0.05, 0) is 25.2 Å². The van der Waals surface area contributed by atoms with E-state index in [-0.39, 0.29) is 10.9 Å². The molecule has 108 valence electrons. The first-order chi connectivity index (χ1) is 8.87. The van der Waals surface area contributed by atoms with E-state index in [1.165, 1.54) is 4.31 Å². The summed E-state index contributed by atoms with van der Waals surface area (Å²) in [6, 6.07) is 0. The number of rotatable bonds is 3. The molecule has 2 unspecified atom stereocenters. The lowest BCUT2D eigenvalue weighted by Crippen LogP contribution is -2.42. The van der Waals surface area contributed by atoms with E-state index in [2.05, 4.69) is 24.0 Å². The number of aryl methyl sites for hydroxylation is 1. The van der Waals surface area contributed by atoms with Crippen LogP contribution in [0.4, 0.5) is 0 Å². The summed E-state index contributed by atoms with van der Waals surface area (Å²) in [6.07, 6.45) is 0.889. The molecule has 1 aromatic heterocycles. The fourth-order valence-electron chi connectivity index (χ4n) is 2.37. The van der Waals surface area contributed by atoms with Crippen LogP contribution in [0.15, 0.2) is 5.03 Å². The summed E-state index contributed by atoms with van der Waals surface area (Å²) < 4.78 is 26.8. The van der Waals surface area contributed by atoms with Gasteiger partial charge in [0.25, 0.3) is 10.0 Å². The number of aromatic amines is 1. The summed E-state index contributed by atoms with van der Waals surface area (Å²) in [4.78, 5) is 0. The molecule has 1 N–H and O–H groups in total. The van der Waals surface area contributed by atoms with Crippen molar-refractivity contribution in [1.29, 1.82) is 0 Å². The number of nitrogens with zero attached hydrogens (tertiary/aromatic N) is 2. The Hall–Kier alpha value is -0.590. The fourth-order valence-corrected chi connectivity index (χ4v) is 4.49. The molecule has 0 spiro atoms. The quantitative estimate of drug-likeness (QED) is 0.870. The zero-order valence-corrected chi connectivity index (χ0v) is 13.1. The van der Waals surface area contributed by atoms with Crippen LogP contribution < -0.4 is 0 Å². The van der Waals surface area contributed by atoms with E-state index >= 15 is 0 Å². The highest BCUT2D eigenvalue weighted by Crippen LogP contribution is 2.28. The number of alkyl halides is 1. The molecule has 0 radical (unpaired) electrons. The molecule has 2 atom stereocenters. The van der Waals surface area contributed by atoms with Gasteiger partial charge in [-0.25, -0.2) is 8.42 Å². The summed E-state index contributed by atoms with van der Waals surface area (Å²) in [5.41, 5.74) is 1.29. The number of nitrogens with one attached hydrogen (secondary N) is 1. The van der Waals surface area contributed by atoms with Crippen LogP contribution in [0.2, 0.25) is 0 Å². The molecule has 1 aliphatic heterocycles. The predicted octanol–water partition coefficient (Wildman–Crippen LogP) is 2.12. The molecule has 0 amide bonds. The number of halogens is 1. The molecular formula is C12H20ClN3O2S. The fraction of sp³-hybridized carbons (Fsp3) is 0.750. The molecule has 2 rings (SSSR count). The Bertz CT molecular complexity index is 555. The Kier molecular flexibility index (Phi) is 4.23. The molecule has 7 heteroatoms. The monoisotopic (exact) mass is 305 g/mol. The van der Waals surface area contributed by atoms with Crippen molar-refractivity contribution in [2.75, 3.05) is 13.1 Å². The van der Waals surface area contributed by atoms with Gasteiger partial charge in [-0.2, -0.15) is 9.40 Å². The molecule has 5 nitrogen and oxygen atoms in total. The van der Waals surface area contributed by atoms with Gasteiger partial charge in [0.05, 0.1) is 5.88 Å². The molecule has 1 aromatic rings. The van der Waals surface area contributed by atoms with E-state index in [0.717, 1.165) is 6.42 Å². The minimum atomic E-state index is -3.53.